The average molecular weight is 345 g/mol. The second kappa shape index (κ2) is 6.62. The maximum absolute atomic E-state index is 13.6. The van der Waals surface area contributed by atoms with Crippen LogP contribution in [0.2, 0.25) is 0 Å². The second-order valence-corrected chi connectivity index (χ2v) is 5.26. The number of hydrogen-bond donors (Lipinski definition) is 2. The van der Waals surface area contributed by atoms with E-state index in [-0.39, 0.29) is 27.7 Å². The molecule has 1 saturated heterocycles. The van der Waals surface area contributed by atoms with Crippen LogP contribution in [0.5, 0.6) is 0 Å². The van der Waals surface area contributed by atoms with Crippen LogP contribution in [0.25, 0.3) is 0 Å². The maximum Gasteiger partial charge on any atom is 0.257 e. The molecule has 1 fully saturated rings. The van der Waals surface area contributed by atoms with E-state index in [1.54, 1.807) is 17.4 Å². The van der Waals surface area contributed by atoms with Crippen LogP contribution >= 0.6 is 0 Å². The normalized spacial score (nSPS) is 30.1. The van der Waals surface area contributed by atoms with E-state index >= 15 is 0 Å². The number of aromatic nitrogens is 1. The summed E-state index contributed by atoms with van der Waals surface area (Å²) >= 11 is 0. The number of benzene rings is 1. The lowest BCUT2D eigenvalue weighted by molar-refractivity contribution is -0.119. The largest absolute Gasteiger partial charge is 0.319 e. The number of nitrogens with zero attached hydrogens (tertiary/aromatic N) is 3. The number of para-hydroxylation sites is 1. The van der Waals surface area contributed by atoms with Gasteiger partial charge < -0.3 is 10.6 Å². The van der Waals surface area contributed by atoms with Gasteiger partial charge in [0.2, 0.25) is 5.91 Å². The molecule has 4 rings (SSSR count). The molecule has 0 spiro atoms. The third-order valence-electron chi connectivity index (χ3n) is 3.69. The molecule has 128 valence electrons. The van der Waals surface area contributed by atoms with Crippen molar-refractivity contribution in [3.05, 3.63) is 48.2 Å². The molecule has 0 radical (unpaired) electrons. The van der Waals surface area contributed by atoms with Gasteiger partial charge in [0, 0.05) is 43.2 Å². The zero-order chi connectivity index (χ0) is 24.4. The SMILES string of the molecule is [2H]C1([2H])NC([2H])([2H])C([2H])([2H])N(CC(=O)N2c3ccccc3C(=O)Nc3cccnc32)C1([2H])[2H]. The lowest BCUT2D eigenvalue weighted by Gasteiger charge is -2.29. The van der Waals surface area contributed by atoms with E-state index in [0.717, 1.165) is 4.90 Å². The summed E-state index contributed by atoms with van der Waals surface area (Å²) in [7, 11) is 0. The highest BCUT2D eigenvalue weighted by atomic mass is 16.2. The lowest BCUT2D eigenvalue weighted by Crippen LogP contribution is -2.47. The van der Waals surface area contributed by atoms with Gasteiger partial charge in [0.25, 0.3) is 5.91 Å². The predicted molar refractivity (Wildman–Crippen MR) is 95.1 cm³/mol. The van der Waals surface area contributed by atoms with E-state index in [1.807, 2.05) is 0 Å². The highest BCUT2D eigenvalue weighted by Crippen LogP contribution is 2.36. The first-order valence-corrected chi connectivity index (χ1v) is 7.46. The van der Waals surface area contributed by atoms with Crippen LogP contribution < -0.4 is 15.5 Å². The Morgan fingerprint density at radius 3 is 2.84 bits per heavy atom. The summed E-state index contributed by atoms with van der Waals surface area (Å²) in [6, 6.07) is 9.14. The van der Waals surface area contributed by atoms with E-state index in [0.29, 0.717) is 0 Å². The minimum Gasteiger partial charge on any atom is -0.319 e. The van der Waals surface area contributed by atoms with E-state index in [9.17, 15) is 9.59 Å². The van der Waals surface area contributed by atoms with Crippen LogP contribution in [0.15, 0.2) is 42.6 Å². The molecule has 2 N–H and O–H groups in total. The molecule has 2 aromatic rings. The molecule has 7 nitrogen and oxygen atoms in total. The fraction of sp³-hybridized carbons (Fsp3) is 0.278. The lowest BCUT2D eigenvalue weighted by atomic mass is 10.1. The van der Waals surface area contributed by atoms with E-state index in [2.05, 4.69) is 10.3 Å². The first-order chi connectivity index (χ1) is 15.2. The third-order valence-corrected chi connectivity index (χ3v) is 3.69. The molecule has 2 aliphatic rings. The molecule has 2 aliphatic heterocycles. The Hall–Kier alpha value is -2.77. The molecule has 0 unspecified atom stereocenters. The molecule has 0 bridgehead atoms. The van der Waals surface area contributed by atoms with Crippen molar-refractivity contribution in [3.63, 3.8) is 0 Å². The fourth-order valence-electron chi connectivity index (χ4n) is 2.62. The standard InChI is InChI=1S/C18H19N5O2/c24-16(12-22-10-8-19-9-11-22)23-15-6-2-1-4-13(15)18(25)21-14-5-3-7-20-17(14)23/h1-7,19H,8-12H2,(H,21,25)/i8D2,9D2,10D2,11D2. The van der Waals surface area contributed by atoms with Crippen molar-refractivity contribution in [2.75, 3.05) is 42.7 Å². The smallest absolute Gasteiger partial charge is 0.257 e. The molecule has 2 amide bonds. The number of pyridine rings is 1. The molecule has 0 aliphatic carbocycles. The molecule has 1 aromatic heterocycles. The summed E-state index contributed by atoms with van der Waals surface area (Å²) < 4.78 is 64.4. The topological polar surface area (TPSA) is 77.6 Å². The van der Waals surface area contributed by atoms with Crippen molar-refractivity contribution < 1.29 is 20.6 Å². The fourth-order valence-corrected chi connectivity index (χ4v) is 2.62. The minimum absolute atomic E-state index is 0.00285. The maximum atomic E-state index is 13.6. The number of fused-ring (bicyclic) bond motifs is 2. The van der Waals surface area contributed by atoms with Gasteiger partial charge in [-0.1, -0.05) is 12.1 Å². The van der Waals surface area contributed by atoms with Crippen molar-refractivity contribution >= 4 is 29.0 Å². The molecule has 0 saturated carbocycles. The quantitative estimate of drug-likeness (QED) is 0.856. The number of carbonyl (C=O) groups excluding carboxylic acids is 2. The molecule has 1 aromatic carbocycles. The van der Waals surface area contributed by atoms with Gasteiger partial charge in [0.15, 0.2) is 5.82 Å². The van der Waals surface area contributed by atoms with Crippen LogP contribution in [0.4, 0.5) is 17.2 Å². The van der Waals surface area contributed by atoms with E-state index < -0.39 is 44.3 Å². The van der Waals surface area contributed by atoms with E-state index in [1.165, 1.54) is 30.5 Å². The van der Waals surface area contributed by atoms with Crippen molar-refractivity contribution in [3.8, 4) is 0 Å². The van der Waals surface area contributed by atoms with Crippen LogP contribution in [0.1, 0.15) is 21.3 Å². The summed E-state index contributed by atoms with van der Waals surface area (Å²) in [6.45, 7) is -13.4. The number of nitrogens with one attached hydrogen (secondary N) is 2. The summed E-state index contributed by atoms with van der Waals surface area (Å²) in [5.41, 5.74) is 0.407. The average Bonchev–Trinajstić information content (AvgIpc) is 2.84. The van der Waals surface area contributed by atoms with Crippen molar-refractivity contribution in [1.29, 1.82) is 0 Å². The molecular weight excluding hydrogens is 318 g/mol. The Morgan fingerprint density at radius 2 is 2.00 bits per heavy atom. The summed E-state index contributed by atoms with van der Waals surface area (Å²) in [4.78, 5) is 31.6. The van der Waals surface area contributed by atoms with Crippen LogP contribution in [-0.4, -0.2) is 54.2 Å². The van der Waals surface area contributed by atoms with Gasteiger partial charge in [-0.2, -0.15) is 0 Å². The number of carbonyl (C=O) groups is 2. The first kappa shape index (κ1) is 9.07. The Balaban J connectivity index is 1.83. The van der Waals surface area contributed by atoms with Gasteiger partial charge in [-0.3, -0.25) is 19.4 Å². The Kier molecular flexibility index (Phi) is 2.40. The number of anilines is 3. The van der Waals surface area contributed by atoms with Crippen LogP contribution in [-0.2, 0) is 4.79 Å². The summed E-state index contributed by atoms with van der Waals surface area (Å²) in [6.07, 6.45) is 1.37. The molecule has 25 heavy (non-hydrogen) atoms. The Morgan fingerprint density at radius 1 is 1.20 bits per heavy atom. The molecular formula is C18H19N5O2. The number of amides is 2. The highest BCUT2D eigenvalue weighted by molar-refractivity contribution is 6.17. The van der Waals surface area contributed by atoms with E-state index in [4.69, 9.17) is 11.0 Å². The minimum atomic E-state index is -3.12. The predicted octanol–water partition coefficient (Wildman–Crippen LogP) is 1.22. The van der Waals surface area contributed by atoms with Gasteiger partial charge in [-0.05, 0) is 24.3 Å². The zero-order valence-electron chi connectivity index (χ0n) is 20.9. The van der Waals surface area contributed by atoms with Crippen LogP contribution in [0.3, 0.4) is 0 Å². The number of hydrogen-bond acceptors (Lipinski definition) is 5. The van der Waals surface area contributed by atoms with Gasteiger partial charge in [0.1, 0.15) is 0 Å². The van der Waals surface area contributed by atoms with Crippen molar-refractivity contribution in [1.82, 2.24) is 15.2 Å². The van der Waals surface area contributed by atoms with Crippen molar-refractivity contribution in [2.24, 2.45) is 0 Å². The number of piperazine rings is 1. The number of rotatable bonds is 2. The van der Waals surface area contributed by atoms with Crippen LogP contribution in [0, 0.1) is 0 Å². The highest BCUT2D eigenvalue weighted by Gasteiger charge is 2.31. The Labute approximate surface area is 156 Å². The monoisotopic (exact) mass is 345 g/mol. The molecule has 7 heteroatoms. The summed E-state index contributed by atoms with van der Waals surface area (Å²) in [5, 5.41) is 4.36. The van der Waals surface area contributed by atoms with Gasteiger partial charge in [-0.15, -0.1) is 0 Å². The molecule has 3 heterocycles. The van der Waals surface area contributed by atoms with Gasteiger partial charge in [-0.25, -0.2) is 4.98 Å². The molecule has 0 atom stereocenters. The van der Waals surface area contributed by atoms with Gasteiger partial charge >= 0.3 is 0 Å². The Bertz CT molecular complexity index is 1120. The zero-order valence-corrected chi connectivity index (χ0v) is 12.9. The first-order valence-electron chi connectivity index (χ1n) is 11.5. The third kappa shape index (κ3) is 2.99. The summed E-state index contributed by atoms with van der Waals surface area (Å²) in [5.74, 6) is -1.46. The van der Waals surface area contributed by atoms with Crippen molar-refractivity contribution in [2.45, 2.75) is 0 Å². The van der Waals surface area contributed by atoms with Gasteiger partial charge in [0.05, 0.1) is 23.5 Å². The second-order valence-electron chi connectivity index (χ2n) is 5.26.